The van der Waals surface area contributed by atoms with Gasteiger partial charge in [0.15, 0.2) is 0 Å². The number of halogens is 2. The Kier molecular flexibility index (Phi) is 5.68. The first kappa shape index (κ1) is 15.4. The molecule has 1 aromatic carbocycles. The van der Waals surface area contributed by atoms with E-state index in [4.69, 9.17) is 28.5 Å². The minimum absolute atomic E-state index is 0.0280. The van der Waals surface area contributed by atoms with E-state index in [2.05, 4.69) is 10.6 Å². The quantitative estimate of drug-likeness (QED) is 0.662. The number of carbonyl (C=O) groups excluding carboxylic acids is 1. The molecule has 19 heavy (non-hydrogen) atoms. The average molecular weight is 298 g/mol. The van der Waals surface area contributed by atoms with Crippen LogP contribution in [0.5, 0.6) is 0 Å². The molecule has 0 fully saturated rings. The molecule has 0 aromatic heterocycles. The maximum atomic E-state index is 11.6. The number of anilines is 1. The molecule has 0 bridgehead atoms. The van der Waals surface area contributed by atoms with Crippen LogP contribution < -0.4 is 10.6 Å². The third-order valence-corrected chi connectivity index (χ3v) is 2.64. The predicted molar refractivity (Wildman–Crippen MR) is 77.1 cm³/mol. The van der Waals surface area contributed by atoms with Gasteiger partial charge in [-0.05, 0) is 32.0 Å². The van der Waals surface area contributed by atoms with Crippen molar-refractivity contribution in [2.24, 2.45) is 0 Å². The zero-order valence-corrected chi connectivity index (χ0v) is 12.0. The van der Waals surface area contributed by atoms with Gasteiger partial charge < -0.3 is 10.6 Å². The Hall–Kier alpha value is -1.70. The van der Waals surface area contributed by atoms with E-state index in [-0.39, 0.29) is 11.6 Å². The van der Waals surface area contributed by atoms with Gasteiger partial charge in [-0.2, -0.15) is 5.26 Å². The van der Waals surface area contributed by atoms with Gasteiger partial charge in [-0.25, -0.2) is 0 Å². The van der Waals surface area contributed by atoms with Crippen molar-refractivity contribution in [1.82, 2.24) is 5.32 Å². The Morgan fingerprint density at radius 3 is 2.63 bits per heavy atom. The number of carbonyl (C=O) groups is 1. The second kappa shape index (κ2) is 7.03. The fourth-order valence-electron chi connectivity index (χ4n) is 1.24. The molecule has 0 atom stereocenters. The second-order valence-electron chi connectivity index (χ2n) is 4.07. The van der Waals surface area contributed by atoms with Crippen molar-refractivity contribution in [3.8, 4) is 6.07 Å². The highest BCUT2D eigenvalue weighted by Crippen LogP contribution is 2.25. The summed E-state index contributed by atoms with van der Waals surface area (Å²) in [4.78, 5) is 11.6. The van der Waals surface area contributed by atoms with Crippen LogP contribution in [0.15, 0.2) is 30.0 Å². The summed E-state index contributed by atoms with van der Waals surface area (Å²) >= 11 is 11.7. The number of nitrogens with zero attached hydrogens (tertiary/aromatic N) is 1. The number of hydrogen-bond acceptors (Lipinski definition) is 3. The van der Waals surface area contributed by atoms with Gasteiger partial charge >= 0.3 is 0 Å². The molecule has 100 valence electrons. The summed E-state index contributed by atoms with van der Waals surface area (Å²) in [6.07, 6.45) is 1.31. The Bertz CT molecular complexity index is 547. The molecule has 1 aromatic rings. The lowest BCUT2D eigenvalue weighted by Gasteiger charge is -2.08. The third-order valence-electron chi connectivity index (χ3n) is 2.09. The van der Waals surface area contributed by atoms with Gasteiger partial charge in [0, 0.05) is 17.3 Å². The van der Waals surface area contributed by atoms with E-state index in [0.717, 1.165) is 0 Å². The zero-order chi connectivity index (χ0) is 14.4. The number of hydrogen-bond donors (Lipinski definition) is 2. The van der Waals surface area contributed by atoms with Crippen LogP contribution in [0.25, 0.3) is 0 Å². The summed E-state index contributed by atoms with van der Waals surface area (Å²) in [5.41, 5.74) is 0.538. The Balaban J connectivity index is 2.83. The molecule has 1 amide bonds. The lowest BCUT2D eigenvalue weighted by atomic mass is 10.2. The third kappa shape index (κ3) is 4.82. The molecule has 2 N–H and O–H groups in total. The highest BCUT2D eigenvalue weighted by Gasteiger charge is 2.10. The van der Waals surface area contributed by atoms with E-state index in [1.165, 1.54) is 6.20 Å². The van der Waals surface area contributed by atoms with E-state index < -0.39 is 5.91 Å². The summed E-state index contributed by atoms with van der Waals surface area (Å²) in [7, 11) is 0. The highest BCUT2D eigenvalue weighted by molar-refractivity contribution is 6.36. The normalized spacial score (nSPS) is 11.1. The predicted octanol–water partition coefficient (Wildman–Crippen LogP) is 3.34. The van der Waals surface area contributed by atoms with Crippen LogP contribution in [0, 0.1) is 11.3 Å². The molecule has 4 nitrogen and oxygen atoms in total. The van der Waals surface area contributed by atoms with Gasteiger partial charge in [-0.15, -0.1) is 0 Å². The maximum absolute atomic E-state index is 11.6. The fraction of sp³-hybridized carbons (Fsp3) is 0.231. The molecule has 0 aliphatic rings. The van der Waals surface area contributed by atoms with E-state index in [1.807, 2.05) is 19.9 Å². The Morgan fingerprint density at radius 1 is 1.42 bits per heavy atom. The zero-order valence-electron chi connectivity index (χ0n) is 10.5. The molecule has 0 unspecified atom stereocenters. The summed E-state index contributed by atoms with van der Waals surface area (Å²) in [6.45, 7) is 3.63. The van der Waals surface area contributed by atoms with Gasteiger partial charge in [0.2, 0.25) is 0 Å². The van der Waals surface area contributed by atoms with Crippen LogP contribution in [-0.2, 0) is 4.79 Å². The molecule has 0 radical (unpaired) electrons. The SMILES string of the molecule is CC(C)NC(=O)/C(C#N)=C\Nc1ccc(Cl)cc1Cl. The van der Waals surface area contributed by atoms with Gasteiger partial charge in [0.05, 0.1) is 10.7 Å². The van der Waals surface area contributed by atoms with Crippen LogP contribution in [0.2, 0.25) is 10.0 Å². The topological polar surface area (TPSA) is 64.9 Å². The summed E-state index contributed by atoms with van der Waals surface area (Å²) < 4.78 is 0. The number of nitrogens with one attached hydrogen (secondary N) is 2. The van der Waals surface area contributed by atoms with E-state index >= 15 is 0 Å². The molecule has 6 heteroatoms. The number of benzene rings is 1. The van der Waals surface area contributed by atoms with Crippen molar-refractivity contribution in [1.29, 1.82) is 5.26 Å². The standard InChI is InChI=1S/C13H13Cl2N3O/c1-8(2)18-13(19)9(6-16)7-17-12-4-3-10(14)5-11(12)15/h3-5,7-8,17H,1-2H3,(H,18,19)/b9-7-. The van der Waals surface area contributed by atoms with Crippen molar-refractivity contribution in [3.63, 3.8) is 0 Å². The van der Waals surface area contributed by atoms with Gasteiger partial charge in [-0.3, -0.25) is 4.79 Å². The summed E-state index contributed by atoms with van der Waals surface area (Å²) in [5, 5.41) is 15.3. The van der Waals surface area contributed by atoms with Crippen molar-refractivity contribution in [2.75, 3.05) is 5.32 Å². The lowest BCUT2D eigenvalue weighted by molar-refractivity contribution is -0.117. The van der Waals surface area contributed by atoms with Crippen LogP contribution in [-0.4, -0.2) is 11.9 Å². The lowest BCUT2D eigenvalue weighted by Crippen LogP contribution is -2.31. The molecule has 0 aliphatic heterocycles. The molecular formula is C13H13Cl2N3O. The van der Waals surface area contributed by atoms with Gasteiger partial charge in [0.1, 0.15) is 11.6 Å². The Labute approximate surface area is 122 Å². The molecular weight excluding hydrogens is 285 g/mol. The smallest absolute Gasteiger partial charge is 0.263 e. The van der Waals surface area contributed by atoms with Crippen molar-refractivity contribution >= 4 is 34.8 Å². The molecule has 0 heterocycles. The molecule has 0 saturated heterocycles. The average Bonchev–Trinajstić information content (AvgIpc) is 2.31. The minimum Gasteiger partial charge on any atom is -0.359 e. The molecule has 1 rings (SSSR count). The number of nitriles is 1. The van der Waals surface area contributed by atoms with E-state index in [1.54, 1.807) is 18.2 Å². The van der Waals surface area contributed by atoms with E-state index in [9.17, 15) is 4.79 Å². The first-order valence-electron chi connectivity index (χ1n) is 5.56. The molecule has 0 saturated carbocycles. The Morgan fingerprint density at radius 2 is 2.11 bits per heavy atom. The van der Waals surface area contributed by atoms with Crippen LogP contribution >= 0.6 is 23.2 Å². The van der Waals surface area contributed by atoms with Crippen molar-refractivity contribution in [2.45, 2.75) is 19.9 Å². The molecule has 0 aliphatic carbocycles. The maximum Gasteiger partial charge on any atom is 0.263 e. The van der Waals surface area contributed by atoms with Crippen LogP contribution in [0.1, 0.15) is 13.8 Å². The van der Waals surface area contributed by atoms with Crippen molar-refractivity contribution < 1.29 is 4.79 Å². The number of amides is 1. The van der Waals surface area contributed by atoms with Gasteiger partial charge in [-0.1, -0.05) is 23.2 Å². The van der Waals surface area contributed by atoms with Crippen LogP contribution in [0.4, 0.5) is 5.69 Å². The van der Waals surface area contributed by atoms with E-state index in [0.29, 0.717) is 15.7 Å². The first-order chi connectivity index (χ1) is 8.93. The first-order valence-corrected chi connectivity index (χ1v) is 6.32. The monoisotopic (exact) mass is 297 g/mol. The number of rotatable bonds is 4. The summed E-state index contributed by atoms with van der Waals surface area (Å²) in [6, 6.07) is 6.68. The van der Waals surface area contributed by atoms with Crippen LogP contribution in [0.3, 0.4) is 0 Å². The van der Waals surface area contributed by atoms with Crippen molar-refractivity contribution in [3.05, 3.63) is 40.0 Å². The highest BCUT2D eigenvalue weighted by atomic mass is 35.5. The minimum atomic E-state index is -0.435. The fourth-order valence-corrected chi connectivity index (χ4v) is 1.71. The summed E-state index contributed by atoms with van der Waals surface area (Å²) in [5.74, 6) is -0.435. The van der Waals surface area contributed by atoms with Gasteiger partial charge in [0.25, 0.3) is 5.91 Å². The molecule has 0 spiro atoms. The largest absolute Gasteiger partial charge is 0.359 e. The second-order valence-corrected chi connectivity index (χ2v) is 4.91.